The number of esters is 1. The molecule has 1 aliphatic rings. The molecule has 8 heteroatoms. The molecule has 124 valence electrons. The maximum atomic E-state index is 13.3. The maximum absolute atomic E-state index is 13.3. The SMILES string of the molecule is COC(=O)c1ccc(C2=CCN(C(=O)O)CC2)c(C(F)(F)F)c1. The minimum atomic E-state index is -4.63. The van der Waals surface area contributed by atoms with Crippen LogP contribution in [0.4, 0.5) is 18.0 Å². The summed E-state index contributed by atoms with van der Waals surface area (Å²) in [5, 5.41) is 8.87. The van der Waals surface area contributed by atoms with Gasteiger partial charge in [0.2, 0.25) is 0 Å². The second-order valence-corrected chi connectivity index (χ2v) is 4.96. The molecule has 0 spiro atoms. The Morgan fingerprint density at radius 3 is 2.48 bits per heavy atom. The summed E-state index contributed by atoms with van der Waals surface area (Å²) in [5.74, 6) is -0.850. The number of benzene rings is 1. The standard InChI is InChI=1S/C15H14F3NO4/c1-23-13(20)10-2-3-11(12(8-10)15(16,17)18)9-4-6-19(7-5-9)14(21)22/h2-4,8H,5-7H2,1H3,(H,21,22). The first-order valence-corrected chi connectivity index (χ1v) is 6.71. The third-order valence-corrected chi connectivity index (χ3v) is 3.57. The van der Waals surface area contributed by atoms with E-state index in [9.17, 15) is 22.8 Å². The van der Waals surface area contributed by atoms with E-state index in [2.05, 4.69) is 4.74 Å². The van der Waals surface area contributed by atoms with Gasteiger partial charge in [-0.2, -0.15) is 13.2 Å². The predicted molar refractivity (Wildman–Crippen MR) is 75.0 cm³/mol. The Labute approximate surface area is 130 Å². The molecule has 1 aliphatic heterocycles. The highest BCUT2D eigenvalue weighted by Crippen LogP contribution is 2.37. The van der Waals surface area contributed by atoms with Crippen molar-refractivity contribution in [1.82, 2.24) is 4.90 Å². The molecule has 0 saturated heterocycles. The van der Waals surface area contributed by atoms with Gasteiger partial charge in [0.25, 0.3) is 0 Å². The number of hydrogen-bond donors (Lipinski definition) is 1. The first-order valence-electron chi connectivity index (χ1n) is 6.71. The summed E-state index contributed by atoms with van der Waals surface area (Å²) in [4.78, 5) is 23.4. The molecule has 0 saturated carbocycles. The molecule has 1 aromatic carbocycles. The molecule has 0 unspecified atom stereocenters. The smallest absolute Gasteiger partial charge is 0.417 e. The quantitative estimate of drug-likeness (QED) is 0.846. The summed E-state index contributed by atoms with van der Waals surface area (Å²) in [5.41, 5.74) is -0.760. The average molecular weight is 329 g/mol. The summed E-state index contributed by atoms with van der Waals surface area (Å²) in [7, 11) is 1.09. The van der Waals surface area contributed by atoms with Crippen molar-refractivity contribution in [2.45, 2.75) is 12.6 Å². The Balaban J connectivity index is 2.43. The highest BCUT2D eigenvalue weighted by molar-refractivity contribution is 5.90. The van der Waals surface area contributed by atoms with Gasteiger partial charge < -0.3 is 14.7 Å². The number of rotatable bonds is 2. The molecule has 0 bridgehead atoms. The summed E-state index contributed by atoms with van der Waals surface area (Å²) >= 11 is 0. The van der Waals surface area contributed by atoms with Crippen LogP contribution in [0.3, 0.4) is 0 Å². The topological polar surface area (TPSA) is 66.8 Å². The highest BCUT2D eigenvalue weighted by atomic mass is 19.4. The monoisotopic (exact) mass is 329 g/mol. The largest absolute Gasteiger partial charge is 0.465 e. The molecular weight excluding hydrogens is 315 g/mol. The van der Waals surface area contributed by atoms with E-state index >= 15 is 0 Å². The lowest BCUT2D eigenvalue weighted by Crippen LogP contribution is -2.33. The number of carbonyl (C=O) groups excluding carboxylic acids is 1. The number of amides is 1. The number of hydrogen-bond acceptors (Lipinski definition) is 3. The molecule has 23 heavy (non-hydrogen) atoms. The lowest BCUT2D eigenvalue weighted by molar-refractivity contribution is -0.137. The minimum absolute atomic E-state index is 0.0285. The first-order chi connectivity index (χ1) is 10.7. The maximum Gasteiger partial charge on any atom is 0.417 e. The molecule has 5 nitrogen and oxygen atoms in total. The Morgan fingerprint density at radius 1 is 1.30 bits per heavy atom. The Kier molecular flexibility index (Phi) is 4.63. The van der Waals surface area contributed by atoms with Gasteiger partial charge in [0.15, 0.2) is 0 Å². The van der Waals surface area contributed by atoms with E-state index in [1.807, 2.05) is 0 Å². The van der Waals surface area contributed by atoms with Gasteiger partial charge in [-0.15, -0.1) is 0 Å². The van der Waals surface area contributed by atoms with E-state index in [4.69, 9.17) is 5.11 Å². The summed E-state index contributed by atoms with van der Waals surface area (Å²) < 4.78 is 44.3. The van der Waals surface area contributed by atoms with Crippen LogP contribution < -0.4 is 0 Å². The molecular formula is C15H14F3NO4. The molecule has 1 heterocycles. The normalized spacial score (nSPS) is 15.1. The summed E-state index contributed by atoms with van der Waals surface area (Å²) in [6.07, 6.45) is -4.12. The molecule has 0 fully saturated rings. The third-order valence-electron chi connectivity index (χ3n) is 3.57. The third kappa shape index (κ3) is 3.64. The van der Waals surface area contributed by atoms with Crippen LogP contribution in [-0.2, 0) is 10.9 Å². The minimum Gasteiger partial charge on any atom is -0.465 e. The molecule has 1 amide bonds. The zero-order chi connectivity index (χ0) is 17.2. The van der Waals surface area contributed by atoms with E-state index in [1.165, 1.54) is 18.2 Å². The van der Waals surface area contributed by atoms with E-state index < -0.39 is 23.8 Å². The van der Waals surface area contributed by atoms with Gasteiger partial charge in [0, 0.05) is 13.1 Å². The van der Waals surface area contributed by atoms with Crippen LogP contribution in [0.25, 0.3) is 5.57 Å². The van der Waals surface area contributed by atoms with Gasteiger partial charge in [0.05, 0.1) is 18.2 Å². The fourth-order valence-electron chi connectivity index (χ4n) is 2.39. The van der Waals surface area contributed by atoms with Crippen molar-refractivity contribution < 1.29 is 32.6 Å². The number of methoxy groups -OCH3 is 1. The van der Waals surface area contributed by atoms with Crippen LogP contribution in [0.15, 0.2) is 24.3 Å². The molecule has 1 aromatic rings. The van der Waals surface area contributed by atoms with Gasteiger partial charge in [-0.1, -0.05) is 12.1 Å². The van der Waals surface area contributed by atoms with Crippen molar-refractivity contribution in [2.24, 2.45) is 0 Å². The van der Waals surface area contributed by atoms with Gasteiger partial charge in [-0.25, -0.2) is 9.59 Å². The fourth-order valence-corrected chi connectivity index (χ4v) is 2.39. The van der Waals surface area contributed by atoms with Gasteiger partial charge in [-0.05, 0) is 29.7 Å². The second kappa shape index (κ2) is 6.31. The Morgan fingerprint density at radius 2 is 2.00 bits per heavy atom. The Hall–Kier alpha value is -2.51. The predicted octanol–water partition coefficient (Wildman–Crippen LogP) is 3.26. The van der Waals surface area contributed by atoms with Crippen LogP contribution >= 0.6 is 0 Å². The van der Waals surface area contributed by atoms with E-state index in [0.717, 1.165) is 18.1 Å². The fraction of sp³-hybridized carbons (Fsp3) is 0.333. The molecule has 0 aromatic heterocycles. The number of alkyl halides is 3. The molecule has 0 aliphatic carbocycles. The van der Waals surface area contributed by atoms with E-state index in [-0.39, 0.29) is 30.6 Å². The second-order valence-electron chi connectivity index (χ2n) is 4.96. The number of carbonyl (C=O) groups is 2. The number of nitrogens with zero attached hydrogens (tertiary/aromatic N) is 1. The van der Waals surface area contributed by atoms with Crippen molar-refractivity contribution in [1.29, 1.82) is 0 Å². The van der Waals surface area contributed by atoms with Crippen LogP contribution in [0, 0.1) is 0 Å². The van der Waals surface area contributed by atoms with Crippen molar-refractivity contribution in [3.05, 3.63) is 41.0 Å². The van der Waals surface area contributed by atoms with Crippen molar-refractivity contribution in [2.75, 3.05) is 20.2 Å². The number of carboxylic acid groups (broad SMARTS) is 1. The highest BCUT2D eigenvalue weighted by Gasteiger charge is 2.35. The van der Waals surface area contributed by atoms with Crippen molar-refractivity contribution in [3.8, 4) is 0 Å². The summed E-state index contributed by atoms with van der Waals surface area (Å²) in [6, 6.07) is 3.24. The number of ether oxygens (including phenoxy) is 1. The van der Waals surface area contributed by atoms with Crippen LogP contribution in [0.2, 0.25) is 0 Å². The molecule has 1 N–H and O–H groups in total. The van der Waals surface area contributed by atoms with Gasteiger partial charge in [-0.3, -0.25) is 0 Å². The average Bonchev–Trinajstić information content (AvgIpc) is 2.52. The van der Waals surface area contributed by atoms with Crippen molar-refractivity contribution in [3.63, 3.8) is 0 Å². The lowest BCUT2D eigenvalue weighted by Gasteiger charge is -2.25. The molecule has 0 atom stereocenters. The van der Waals surface area contributed by atoms with E-state index in [0.29, 0.717) is 5.57 Å². The van der Waals surface area contributed by atoms with Crippen molar-refractivity contribution >= 4 is 17.6 Å². The first kappa shape index (κ1) is 16.9. The van der Waals surface area contributed by atoms with Gasteiger partial charge >= 0.3 is 18.2 Å². The Bertz CT molecular complexity index is 667. The van der Waals surface area contributed by atoms with Crippen LogP contribution in [0.1, 0.15) is 27.9 Å². The summed E-state index contributed by atoms with van der Waals surface area (Å²) in [6.45, 7) is 0.151. The zero-order valence-electron chi connectivity index (χ0n) is 12.2. The molecule has 0 radical (unpaired) electrons. The van der Waals surface area contributed by atoms with Crippen LogP contribution in [-0.4, -0.2) is 42.3 Å². The molecule has 2 rings (SSSR count). The lowest BCUT2D eigenvalue weighted by atomic mass is 9.93. The zero-order valence-corrected chi connectivity index (χ0v) is 12.2. The number of halogens is 3. The van der Waals surface area contributed by atoms with Gasteiger partial charge in [0.1, 0.15) is 0 Å². The van der Waals surface area contributed by atoms with E-state index in [1.54, 1.807) is 0 Å². The van der Waals surface area contributed by atoms with Crippen LogP contribution in [0.5, 0.6) is 0 Å².